The molecule has 0 radical (unpaired) electrons. The van der Waals surface area contributed by atoms with Crippen LogP contribution < -0.4 is 5.32 Å². The fraction of sp³-hybridized carbons (Fsp3) is 0.500. The number of nitriles is 1. The van der Waals surface area contributed by atoms with E-state index in [1.165, 1.54) is 17.4 Å². The highest BCUT2D eigenvalue weighted by Gasteiger charge is 2.42. The second kappa shape index (κ2) is 9.36. The number of carbonyl (C=O) groups excluding carboxylic acids is 2. The summed E-state index contributed by atoms with van der Waals surface area (Å²) >= 11 is 1.39. The van der Waals surface area contributed by atoms with Crippen molar-refractivity contribution in [3.8, 4) is 17.2 Å². The lowest BCUT2D eigenvalue weighted by Gasteiger charge is -2.22. The molecule has 3 aliphatic rings. The van der Waals surface area contributed by atoms with E-state index in [0.29, 0.717) is 28.0 Å². The van der Waals surface area contributed by atoms with Gasteiger partial charge in [0, 0.05) is 25.6 Å². The van der Waals surface area contributed by atoms with Gasteiger partial charge in [-0.05, 0) is 78.6 Å². The SMILES string of the molecule is N#C[C@@H](CC(=O)[C@H]1N[C@@H]2CC[C@H]1C2)Cc1ccc(-c2csc(C(=O)N3CCCC3)c2)cc1F. The smallest absolute Gasteiger partial charge is 0.263 e. The first-order valence-electron chi connectivity index (χ1n) is 11.9. The molecule has 5 nitrogen and oxygen atoms in total. The predicted molar refractivity (Wildman–Crippen MR) is 125 cm³/mol. The van der Waals surface area contributed by atoms with Gasteiger partial charge in [0.05, 0.1) is 22.9 Å². The number of benzene rings is 1. The Hall–Kier alpha value is -2.56. The number of amides is 1. The van der Waals surface area contributed by atoms with Crippen LogP contribution in [0.15, 0.2) is 29.6 Å². The lowest BCUT2D eigenvalue weighted by atomic mass is 9.88. The van der Waals surface area contributed by atoms with Gasteiger partial charge >= 0.3 is 0 Å². The van der Waals surface area contributed by atoms with Crippen LogP contribution in [0.2, 0.25) is 0 Å². The van der Waals surface area contributed by atoms with Gasteiger partial charge in [0.15, 0.2) is 5.78 Å². The summed E-state index contributed by atoms with van der Waals surface area (Å²) < 4.78 is 14.9. The van der Waals surface area contributed by atoms with Crippen molar-refractivity contribution in [3.63, 3.8) is 0 Å². The minimum Gasteiger partial charge on any atom is -0.338 e. The summed E-state index contributed by atoms with van der Waals surface area (Å²) in [7, 11) is 0. The minimum atomic E-state index is -0.537. The average Bonchev–Trinajstić information content (AvgIpc) is 3.63. The number of carbonyl (C=O) groups is 2. The molecular formula is C26H28FN3O2S. The van der Waals surface area contributed by atoms with Gasteiger partial charge in [-0.3, -0.25) is 9.59 Å². The largest absolute Gasteiger partial charge is 0.338 e. The maximum absolute atomic E-state index is 14.9. The molecule has 0 unspecified atom stereocenters. The van der Waals surface area contributed by atoms with Crippen LogP contribution in [0, 0.1) is 29.0 Å². The molecule has 4 atom stereocenters. The van der Waals surface area contributed by atoms with Crippen molar-refractivity contribution in [2.45, 2.75) is 57.0 Å². The molecule has 1 aliphatic carbocycles. The normalized spacial score (nSPS) is 24.7. The van der Waals surface area contributed by atoms with E-state index in [0.717, 1.165) is 50.8 Å². The summed E-state index contributed by atoms with van der Waals surface area (Å²) in [6, 6.07) is 9.35. The Bertz CT molecular complexity index is 1100. The van der Waals surface area contributed by atoms with Gasteiger partial charge in [0.2, 0.25) is 0 Å². The van der Waals surface area contributed by atoms with Gasteiger partial charge in [0.25, 0.3) is 5.91 Å². The molecule has 5 rings (SSSR count). The molecule has 33 heavy (non-hydrogen) atoms. The van der Waals surface area contributed by atoms with E-state index in [1.54, 1.807) is 6.07 Å². The fourth-order valence-electron chi connectivity index (χ4n) is 5.58. The molecule has 2 bridgehead atoms. The summed E-state index contributed by atoms with van der Waals surface area (Å²) in [5, 5.41) is 14.9. The Morgan fingerprint density at radius 3 is 2.70 bits per heavy atom. The second-order valence-electron chi connectivity index (χ2n) is 9.62. The molecule has 7 heteroatoms. The number of piperidine rings is 1. The first-order chi connectivity index (χ1) is 16.0. The van der Waals surface area contributed by atoms with Crippen molar-refractivity contribution in [3.05, 3.63) is 45.9 Å². The summed E-state index contributed by atoms with van der Waals surface area (Å²) in [6.07, 6.45) is 5.73. The lowest BCUT2D eigenvalue weighted by molar-refractivity contribution is -0.122. The fourth-order valence-corrected chi connectivity index (χ4v) is 6.47. The third-order valence-electron chi connectivity index (χ3n) is 7.39. The van der Waals surface area contributed by atoms with Crippen LogP contribution in [0.4, 0.5) is 4.39 Å². The number of ketones is 1. The maximum Gasteiger partial charge on any atom is 0.263 e. The average molecular weight is 466 g/mol. The Balaban J connectivity index is 1.23. The highest BCUT2D eigenvalue weighted by molar-refractivity contribution is 7.12. The van der Waals surface area contributed by atoms with Crippen LogP contribution in [0.3, 0.4) is 0 Å². The van der Waals surface area contributed by atoms with E-state index >= 15 is 0 Å². The number of thiophene rings is 1. The number of rotatable bonds is 7. The molecule has 2 aliphatic heterocycles. The van der Waals surface area contributed by atoms with Crippen LogP contribution in [-0.4, -0.2) is 41.8 Å². The van der Waals surface area contributed by atoms with E-state index in [1.807, 2.05) is 22.4 Å². The van der Waals surface area contributed by atoms with Crippen molar-refractivity contribution in [2.24, 2.45) is 11.8 Å². The summed E-state index contributed by atoms with van der Waals surface area (Å²) in [5.41, 5.74) is 1.98. The van der Waals surface area contributed by atoms with Crippen molar-refractivity contribution >= 4 is 23.0 Å². The molecule has 1 aromatic carbocycles. The molecule has 1 amide bonds. The van der Waals surface area contributed by atoms with Crippen molar-refractivity contribution in [1.29, 1.82) is 5.26 Å². The quantitative estimate of drug-likeness (QED) is 0.650. The molecule has 1 saturated carbocycles. The van der Waals surface area contributed by atoms with E-state index in [4.69, 9.17) is 0 Å². The van der Waals surface area contributed by atoms with E-state index in [9.17, 15) is 19.2 Å². The molecule has 1 N–H and O–H groups in total. The number of hydrogen-bond acceptors (Lipinski definition) is 5. The number of nitrogens with zero attached hydrogens (tertiary/aromatic N) is 2. The predicted octanol–water partition coefficient (Wildman–Crippen LogP) is 4.57. The molecule has 1 aromatic heterocycles. The molecule has 2 saturated heterocycles. The molecule has 0 spiro atoms. The number of nitrogens with one attached hydrogen (secondary N) is 1. The molecule has 172 valence electrons. The minimum absolute atomic E-state index is 0.0485. The third-order valence-corrected chi connectivity index (χ3v) is 8.31. The van der Waals surface area contributed by atoms with E-state index in [2.05, 4.69) is 11.4 Å². The van der Waals surface area contributed by atoms with Crippen LogP contribution in [0.1, 0.15) is 53.8 Å². The summed E-state index contributed by atoms with van der Waals surface area (Å²) in [4.78, 5) is 27.9. The van der Waals surface area contributed by atoms with Gasteiger partial charge in [-0.15, -0.1) is 11.3 Å². The first-order valence-corrected chi connectivity index (χ1v) is 12.7. The molecule has 3 fully saturated rings. The zero-order valence-corrected chi connectivity index (χ0v) is 19.4. The van der Waals surface area contributed by atoms with Crippen molar-refractivity contribution in [2.75, 3.05) is 13.1 Å². The number of Topliss-reactive ketones (excluding diaryl/α,β-unsaturated/α-hetero) is 1. The number of fused-ring (bicyclic) bond motifs is 2. The summed E-state index contributed by atoms with van der Waals surface area (Å²) in [6.45, 7) is 1.60. The van der Waals surface area contributed by atoms with Crippen LogP contribution in [0.5, 0.6) is 0 Å². The Morgan fingerprint density at radius 1 is 1.21 bits per heavy atom. The lowest BCUT2D eigenvalue weighted by Crippen LogP contribution is -2.42. The maximum atomic E-state index is 14.9. The highest BCUT2D eigenvalue weighted by atomic mass is 32.1. The van der Waals surface area contributed by atoms with Gasteiger partial charge in [-0.1, -0.05) is 12.1 Å². The Kier molecular flexibility index (Phi) is 6.31. The van der Waals surface area contributed by atoms with Gasteiger partial charge in [-0.25, -0.2) is 4.39 Å². The van der Waals surface area contributed by atoms with E-state index in [-0.39, 0.29) is 36.4 Å². The number of hydrogen-bond donors (Lipinski definition) is 1. The number of halogens is 1. The first kappa shape index (κ1) is 22.2. The topological polar surface area (TPSA) is 73.2 Å². The molecule has 3 heterocycles. The monoisotopic (exact) mass is 465 g/mol. The second-order valence-corrected chi connectivity index (χ2v) is 10.5. The van der Waals surface area contributed by atoms with Crippen LogP contribution >= 0.6 is 11.3 Å². The standard InChI is InChI=1S/C26H28FN3O2S/c27-22-12-17(20-13-24(33-15-20)26(32)30-7-1-2-8-30)3-4-18(22)9-16(14-28)10-23(31)25-19-5-6-21(11-19)29-25/h3-4,12-13,15-16,19,21,25,29H,1-2,5-11H2/t16-,19+,21-,25+/m1/s1. The highest BCUT2D eigenvalue weighted by Crippen LogP contribution is 2.36. The zero-order valence-electron chi connectivity index (χ0n) is 18.6. The van der Waals surface area contributed by atoms with E-state index < -0.39 is 5.92 Å². The van der Waals surface area contributed by atoms with Crippen LogP contribution in [0.25, 0.3) is 11.1 Å². The van der Waals surface area contributed by atoms with Gasteiger partial charge in [-0.2, -0.15) is 5.26 Å². The molecule has 2 aromatic rings. The van der Waals surface area contributed by atoms with Crippen molar-refractivity contribution in [1.82, 2.24) is 10.2 Å². The number of likely N-dealkylation sites (tertiary alicyclic amines) is 1. The van der Waals surface area contributed by atoms with Gasteiger partial charge in [0.1, 0.15) is 5.82 Å². The van der Waals surface area contributed by atoms with Crippen LogP contribution in [-0.2, 0) is 11.2 Å². The zero-order chi connectivity index (χ0) is 22.9. The summed E-state index contributed by atoms with van der Waals surface area (Å²) in [5.74, 6) is -0.390. The Labute approximate surface area is 197 Å². The Morgan fingerprint density at radius 2 is 2.03 bits per heavy atom. The van der Waals surface area contributed by atoms with Crippen molar-refractivity contribution < 1.29 is 14.0 Å². The van der Waals surface area contributed by atoms with Gasteiger partial charge < -0.3 is 10.2 Å². The third kappa shape index (κ3) is 4.60. The molecular weight excluding hydrogens is 437 g/mol.